The minimum atomic E-state index is -0.489. The Labute approximate surface area is 162 Å². The second kappa shape index (κ2) is 7.53. The first-order valence-corrected chi connectivity index (χ1v) is 9.19. The molecule has 0 saturated heterocycles. The van der Waals surface area contributed by atoms with E-state index in [2.05, 4.69) is 0 Å². The summed E-state index contributed by atoms with van der Waals surface area (Å²) in [6.45, 7) is 2.45. The molecule has 4 aromatic rings. The van der Waals surface area contributed by atoms with Crippen LogP contribution in [-0.2, 0) is 6.54 Å². The van der Waals surface area contributed by atoms with Gasteiger partial charge in [0.1, 0.15) is 0 Å². The molecule has 0 spiro atoms. The lowest BCUT2D eigenvalue weighted by molar-refractivity contribution is 0.0737. The van der Waals surface area contributed by atoms with E-state index in [-0.39, 0.29) is 5.56 Å². The fourth-order valence-electron chi connectivity index (χ4n) is 3.38. The van der Waals surface area contributed by atoms with Crippen molar-refractivity contribution in [3.8, 4) is 16.9 Å². The third-order valence-corrected chi connectivity index (χ3v) is 4.71. The van der Waals surface area contributed by atoms with Gasteiger partial charge >= 0.3 is 5.97 Å². The summed E-state index contributed by atoms with van der Waals surface area (Å²) in [5.41, 5.74) is 2.11. The molecular formula is C24H19NO3. The zero-order chi connectivity index (χ0) is 19.5. The third kappa shape index (κ3) is 3.09. The van der Waals surface area contributed by atoms with Crippen LogP contribution in [0.15, 0.2) is 89.7 Å². The molecule has 138 valence electrons. The van der Waals surface area contributed by atoms with Gasteiger partial charge in [0.15, 0.2) is 5.75 Å². The Morgan fingerprint density at radius 3 is 2.14 bits per heavy atom. The quantitative estimate of drug-likeness (QED) is 0.480. The monoisotopic (exact) mass is 369 g/mol. The van der Waals surface area contributed by atoms with E-state index in [9.17, 15) is 9.59 Å². The second-order valence-corrected chi connectivity index (χ2v) is 6.39. The summed E-state index contributed by atoms with van der Waals surface area (Å²) in [7, 11) is 0. The number of hydrogen-bond acceptors (Lipinski definition) is 3. The molecule has 1 heterocycles. The molecule has 0 atom stereocenters. The van der Waals surface area contributed by atoms with Crippen molar-refractivity contribution in [3.05, 3.63) is 101 Å². The normalized spacial score (nSPS) is 10.8. The van der Waals surface area contributed by atoms with Crippen molar-refractivity contribution in [1.29, 1.82) is 0 Å². The molecule has 0 aliphatic carbocycles. The number of benzene rings is 3. The van der Waals surface area contributed by atoms with Crippen LogP contribution in [0.5, 0.6) is 5.75 Å². The van der Waals surface area contributed by atoms with Crippen molar-refractivity contribution in [2.24, 2.45) is 0 Å². The van der Waals surface area contributed by atoms with Gasteiger partial charge in [0.2, 0.25) is 0 Å². The van der Waals surface area contributed by atoms with Gasteiger partial charge in [-0.3, -0.25) is 4.79 Å². The zero-order valence-corrected chi connectivity index (χ0v) is 15.5. The smallest absolute Gasteiger partial charge is 0.343 e. The lowest BCUT2D eigenvalue weighted by Crippen LogP contribution is -2.23. The van der Waals surface area contributed by atoms with Gasteiger partial charge in [-0.2, -0.15) is 0 Å². The number of nitrogens with zero attached hydrogens (tertiary/aromatic N) is 1. The Bertz CT molecular complexity index is 1200. The van der Waals surface area contributed by atoms with Crippen molar-refractivity contribution >= 4 is 16.9 Å². The van der Waals surface area contributed by atoms with E-state index in [4.69, 9.17) is 4.74 Å². The van der Waals surface area contributed by atoms with E-state index in [0.29, 0.717) is 23.4 Å². The maximum absolute atomic E-state index is 13.3. The number of ether oxygens (including phenoxy) is 1. The van der Waals surface area contributed by atoms with Crippen LogP contribution in [0.2, 0.25) is 0 Å². The number of carbonyl (C=O) groups is 1. The van der Waals surface area contributed by atoms with Crippen LogP contribution in [0.4, 0.5) is 0 Å². The van der Waals surface area contributed by atoms with Crippen LogP contribution >= 0.6 is 0 Å². The maximum atomic E-state index is 13.3. The molecule has 4 heteroatoms. The average molecular weight is 369 g/mol. The van der Waals surface area contributed by atoms with E-state index in [0.717, 1.165) is 16.5 Å². The van der Waals surface area contributed by atoms with Crippen molar-refractivity contribution in [2.45, 2.75) is 13.5 Å². The number of aromatic nitrogens is 1. The Kier molecular flexibility index (Phi) is 4.77. The highest BCUT2D eigenvalue weighted by atomic mass is 16.5. The van der Waals surface area contributed by atoms with Gasteiger partial charge in [-0.15, -0.1) is 0 Å². The number of aryl methyl sites for hydroxylation is 1. The third-order valence-electron chi connectivity index (χ3n) is 4.71. The molecule has 0 fully saturated rings. The summed E-state index contributed by atoms with van der Waals surface area (Å²) in [4.78, 5) is 26.1. The molecule has 1 aromatic heterocycles. The van der Waals surface area contributed by atoms with Gasteiger partial charge in [0, 0.05) is 11.9 Å². The Morgan fingerprint density at radius 1 is 0.857 bits per heavy atom. The topological polar surface area (TPSA) is 48.3 Å². The summed E-state index contributed by atoms with van der Waals surface area (Å²) >= 11 is 0. The lowest BCUT2D eigenvalue weighted by Gasteiger charge is -2.17. The molecule has 3 aromatic carbocycles. The van der Waals surface area contributed by atoms with Crippen molar-refractivity contribution in [3.63, 3.8) is 0 Å². The molecule has 0 N–H and O–H groups in total. The Balaban J connectivity index is 2.00. The van der Waals surface area contributed by atoms with E-state index < -0.39 is 5.97 Å². The predicted octanol–water partition coefficient (Wildman–Crippen LogP) is 4.91. The predicted molar refractivity (Wildman–Crippen MR) is 111 cm³/mol. The summed E-state index contributed by atoms with van der Waals surface area (Å²) in [6, 6.07) is 25.6. The number of esters is 1. The maximum Gasteiger partial charge on any atom is 0.343 e. The number of carbonyl (C=O) groups excluding carboxylic acids is 1. The fourth-order valence-corrected chi connectivity index (χ4v) is 3.38. The van der Waals surface area contributed by atoms with Gasteiger partial charge < -0.3 is 9.30 Å². The summed E-state index contributed by atoms with van der Waals surface area (Å²) < 4.78 is 7.53. The molecule has 0 unspecified atom stereocenters. The van der Waals surface area contributed by atoms with Crippen LogP contribution in [0.25, 0.3) is 22.0 Å². The summed E-state index contributed by atoms with van der Waals surface area (Å²) in [5.74, 6) is -0.193. The fraction of sp³-hybridized carbons (Fsp3) is 0.0833. The minimum Gasteiger partial charge on any atom is -0.421 e. The molecule has 0 aliphatic heterocycles. The number of fused-ring (bicyclic) bond motifs is 1. The van der Waals surface area contributed by atoms with Gasteiger partial charge in [-0.1, -0.05) is 60.7 Å². The highest BCUT2D eigenvalue weighted by Gasteiger charge is 2.21. The number of rotatable bonds is 4. The molecule has 0 amide bonds. The largest absolute Gasteiger partial charge is 0.421 e. The molecule has 28 heavy (non-hydrogen) atoms. The van der Waals surface area contributed by atoms with E-state index >= 15 is 0 Å². The Morgan fingerprint density at radius 2 is 1.46 bits per heavy atom. The van der Waals surface area contributed by atoms with Crippen molar-refractivity contribution in [2.75, 3.05) is 0 Å². The first-order valence-electron chi connectivity index (χ1n) is 9.19. The molecule has 4 rings (SSSR count). The van der Waals surface area contributed by atoms with Gasteiger partial charge in [0.25, 0.3) is 5.56 Å². The standard InChI is InChI=1S/C24H19NO3/c1-2-25-20-16-10-9-15-19(20)22(28-24(27)18-13-7-4-8-14-18)21(23(25)26)17-11-5-3-6-12-17/h3-16H,2H2,1H3. The number of para-hydroxylation sites is 1. The molecular weight excluding hydrogens is 350 g/mol. The molecule has 0 saturated carbocycles. The molecule has 0 bridgehead atoms. The summed E-state index contributed by atoms with van der Waals surface area (Å²) in [5, 5.41) is 0.729. The second-order valence-electron chi connectivity index (χ2n) is 6.39. The highest BCUT2D eigenvalue weighted by molar-refractivity contribution is 5.98. The van der Waals surface area contributed by atoms with Crippen molar-refractivity contribution < 1.29 is 9.53 Å². The van der Waals surface area contributed by atoms with Gasteiger partial charge in [-0.25, -0.2) is 4.79 Å². The van der Waals surface area contributed by atoms with Crippen LogP contribution in [0.1, 0.15) is 17.3 Å². The molecule has 0 radical (unpaired) electrons. The van der Waals surface area contributed by atoms with E-state index in [1.165, 1.54) is 0 Å². The van der Waals surface area contributed by atoms with Gasteiger partial charge in [0.05, 0.1) is 16.6 Å². The van der Waals surface area contributed by atoms with Crippen molar-refractivity contribution in [1.82, 2.24) is 4.57 Å². The van der Waals surface area contributed by atoms with E-state index in [1.54, 1.807) is 28.8 Å². The Hall–Kier alpha value is -3.66. The number of pyridine rings is 1. The SMILES string of the molecule is CCn1c(=O)c(-c2ccccc2)c(OC(=O)c2ccccc2)c2ccccc21. The van der Waals surface area contributed by atoms with Crippen LogP contribution in [0.3, 0.4) is 0 Å². The van der Waals surface area contributed by atoms with Crippen LogP contribution in [-0.4, -0.2) is 10.5 Å². The highest BCUT2D eigenvalue weighted by Crippen LogP contribution is 2.34. The van der Waals surface area contributed by atoms with Crippen LogP contribution < -0.4 is 10.3 Å². The first-order chi connectivity index (χ1) is 13.7. The van der Waals surface area contributed by atoms with Gasteiger partial charge in [-0.05, 0) is 36.8 Å². The molecule has 4 nitrogen and oxygen atoms in total. The first kappa shape index (κ1) is 17.7. The lowest BCUT2D eigenvalue weighted by atomic mass is 10.0. The van der Waals surface area contributed by atoms with Crippen LogP contribution in [0, 0.1) is 0 Å². The van der Waals surface area contributed by atoms with E-state index in [1.807, 2.05) is 67.6 Å². The average Bonchev–Trinajstić information content (AvgIpc) is 2.75. The zero-order valence-electron chi connectivity index (χ0n) is 15.5. The molecule has 0 aliphatic rings. The summed E-state index contributed by atoms with van der Waals surface area (Å²) in [6.07, 6.45) is 0. The number of hydrogen-bond donors (Lipinski definition) is 0. The minimum absolute atomic E-state index is 0.178.